The Morgan fingerprint density at radius 2 is 1.82 bits per heavy atom. The van der Waals surface area contributed by atoms with Gasteiger partial charge in [-0.1, -0.05) is 37.4 Å². The average molecular weight is 288 g/mol. The molecule has 0 fully saturated rings. The van der Waals surface area contributed by atoms with Crippen LogP contribution in [0.25, 0.3) is 22.0 Å². The molecule has 0 aliphatic carbocycles. The van der Waals surface area contributed by atoms with Gasteiger partial charge in [0.2, 0.25) is 0 Å². The van der Waals surface area contributed by atoms with E-state index in [1.165, 1.54) is 16.5 Å². The highest BCUT2D eigenvalue weighted by molar-refractivity contribution is 5.92. The molecule has 0 saturated heterocycles. The summed E-state index contributed by atoms with van der Waals surface area (Å²) in [5.74, 6) is 0. The molecule has 22 heavy (non-hydrogen) atoms. The molecule has 0 spiro atoms. The Labute approximate surface area is 131 Å². The number of rotatable bonds is 5. The van der Waals surface area contributed by atoms with Gasteiger partial charge in [-0.3, -0.25) is 4.98 Å². The molecule has 0 bridgehead atoms. The number of hydrogen-bond acceptors (Lipinski definition) is 1. The summed E-state index contributed by atoms with van der Waals surface area (Å²) in [7, 11) is 0. The van der Waals surface area contributed by atoms with E-state index in [4.69, 9.17) is 0 Å². The van der Waals surface area contributed by atoms with E-state index in [1.807, 2.05) is 24.5 Å². The van der Waals surface area contributed by atoms with Crippen molar-refractivity contribution < 1.29 is 0 Å². The molecule has 110 valence electrons. The van der Waals surface area contributed by atoms with Crippen LogP contribution in [0.1, 0.15) is 29.7 Å². The molecule has 0 atom stereocenters. The number of para-hydroxylation sites is 1. The number of nitrogens with zero attached hydrogens (tertiary/aromatic N) is 1. The molecule has 3 aromatic rings. The molecule has 0 radical (unpaired) electrons. The van der Waals surface area contributed by atoms with Gasteiger partial charge in [0, 0.05) is 28.9 Å². The van der Waals surface area contributed by atoms with E-state index < -0.39 is 0 Å². The fraction of sp³-hybridized carbons (Fsp3) is 0.150. The summed E-state index contributed by atoms with van der Waals surface area (Å²) in [5, 5.41) is 1.23. The highest BCUT2D eigenvalue weighted by Gasteiger charge is 2.09. The number of aryl methyl sites for hydroxylation is 1. The fourth-order valence-corrected chi connectivity index (χ4v) is 2.77. The summed E-state index contributed by atoms with van der Waals surface area (Å²) in [6.45, 7) is 10.5. The van der Waals surface area contributed by atoms with E-state index in [9.17, 15) is 0 Å². The van der Waals surface area contributed by atoms with Crippen molar-refractivity contribution in [3.8, 4) is 0 Å². The lowest BCUT2D eigenvalue weighted by molar-refractivity contribution is 1.06. The molecule has 2 heterocycles. The number of aromatic nitrogens is 2. The Hall–Kier alpha value is -2.61. The standard InChI is InChI=1S/C20H20N2/c1-14(18-13-22-19-9-5-4-8-17(18)19)10-11-16(3)20-15(2)7-6-12-21-20/h4-9,12-13,22H,1,3,10-11H2,2H3. The van der Waals surface area contributed by atoms with E-state index in [1.54, 1.807) is 0 Å². The second-order valence-electron chi connectivity index (χ2n) is 5.62. The predicted molar refractivity (Wildman–Crippen MR) is 94.6 cm³/mol. The highest BCUT2D eigenvalue weighted by atomic mass is 14.7. The summed E-state index contributed by atoms with van der Waals surface area (Å²) >= 11 is 0. The van der Waals surface area contributed by atoms with Gasteiger partial charge in [0.15, 0.2) is 0 Å². The molecule has 2 aromatic heterocycles. The first-order valence-electron chi connectivity index (χ1n) is 7.51. The van der Waals surface area contributed by atoms with Gasteiger partial charge in [0.1, 0.15) is 0 Å². The lowest BCUT2D eigenvalue weighted by Crippen LogP contribution is -1.92. The van der Waals surface area contributed by atoms with Crippen LogP contribution in [0.15, 0.2) is 61.9 Å². The quantitative estimate of drug-likeness (QED) is 0.671. The number of aromatic amines is 1. The monoisotopic (exact) mass is 288 g/mol. The Balaban J connectivity index is 1.73. The summed E-state index contributed by atoms with van der Waals surface area (Å²) in [6.07, 6.45) is 5.62. The van der Waals surface area contributed by atoms with Gasteiger partial charge in [-0.05, 0) is 48.6 Å². The molecule has 2 nitrogen and oxygen atoms in total. The fourth-order valence-electron chi connectivity index (χ4n) is 2.77. The number of allylic oxidation sites excluding steroid dienone is 2. The van der Waals surface area contributed by atoms with E-state index >= 15 is 0 Å². The van der Waals surface area contributed by atoms with Crippen LogP contribution in [-0.4, -0.2) is 9.97 Å². The lowest BCUT2D eigenvalue weighted by Gasteiger charge is -2.09. The number of pyridine rings is 1. The van der Waals surface area contributed by atoms with E-state index in [0.29, 0.717) is 0 Å². The number of H-pyrrole nitrogens is 1. The second kappa shape index (κ2) is 6.02. The summed E-state index contributed by atoms with van der Waals surface area (Å²) < 4.78 is 0. The van der Waals surface area contributed by atoms with Gasteiger partial charge in [-0.15, -0.1) is 0 Å². The van der Waals surface area contributed by atoms with Crippen molar-refractivity contribution in [2.45, 2.75) is 19.8 Å². The van der Waals surface area contributed by atoms with E-state index in [2.05, 4.69) is 54.3 Å². The van der Waals surface area contributed by atoms with Gasteiger partial charge in [-0.25, -0.2) is 0 Å². The minimum atomic E-state index is 0.871. The Kier molecular flexibility index (Phi) is 3.92. The van der Waals surface area contributed by atoms with Crippen LogP contribution >= 0.6 is 0 Å². The maximum absolute atomic E-state index is 4.43. The zero-order valence-corrected chi connectivity index (χ0v) is 12.9. The smallest absolute Gasteiger partial charge is 0.0684 e. The molecule has 1 aromatic carbocycles. The third kappa shape index (κ3) is 2.73. The van der Waals surface area contributed by atoms with Crippen molar-refractivity contribution in [3.63, 3.8) is 0 Å². The first-order valence-corrected chi connectivity index (χ1v) is 7.51. The molecule has 0 saturated carbocycles. The molecule has 0 amide bonds. The number of hydrogen-bond donors (Lipinski definition) is 1. The maximum atomic E-state index is 4.43. The summed E-state index contributed by atoms with van der Waals surface area (Å²) in [4.78, 5) is 7.74. The zero-order chi connectivity index (χ0) is 15.5. The zero-order valence-electron chi connectivity index (χ0n) is 12.9. The molecule has 0 unspecified atom stereocenters. The molecule has 2 heteroatoms. The summed E-state index contributed by atoms with van der Waals surface area (Å²) in [6, 6.07) is 12.3. The van der Waals surface area contributed by atoms with Crippen LogP contribution in [-0.2, 0) is 0 Å². The minimum absolute atomic E-state index is 0.871. The Bertz CT molecular complexity index is 840. The van der Waals surface area contributed by atoms with Crippen LogP contribution in [0.3, 0.4) is 0 Å². The van der Waals surface area contributed by atoms with Crippen LogP contribution in [0, 0.1) is 6.92 Å². The minimum Gasteiger partial charge on any atom is -0.361 e. The van der Waals surface area contributed by atoms with Crippen molar-refractivity contribution in [2.24, 2.45) is 0 Å². The van der Waals surface area contributed by atoms with Crippen molar-refractivity contribution in [2.75, 3.05) is 0 Å². The molecular weight excluding hydrogens is 268 g/mol. The first kappa shape index (κ1) is 14.3. The maximum Gasteiger partial charge on any atom is 0.0684 e. The molecule has 0 aliphatic heterocycles. The molecular formula is C20H20N2. The van der Waals surface area contributed by atoms with Gasteiger partial charge < -0.3 is 4.98 Å². The van der Waals surface area contributed by atoms with Crippen molar-refractivity contribution in [3.05, 3.63) is 78.8 Å². The van der Waals surface area contributed by atoms with Gasteiger partial charge >= 0.3 is 0 Å². The number of nitrogens with one attached hydrogen (secondary N) is 1. The topological polar surface area (TPSA) is 28.7 Å². The van der Waals surface area contributed by atoms with Crippen molar-refractivity contribution >= 4 is 22.0 Å². The first-order chi connectivity index (χ1) is 10.7. The van der Waals surface area contributed by atoms with Crippen LogP contribution in [0.4, 0.5) is 0 Å². The van der Waals surface area contributed by atoms with Gasteiger partial charge in [-0.2, -0.15) is 0 Å². The Morgan fingerprint density at radius 1 is 1.05 bits per heavy atom. The Morgan fingerprint density at radius 3 is 2.64 bits per heavy atom. The van der Waals surface area contributed by atoms with Gasteiger partial charge in [0.25, 0.3) is 0 Å². The highest BCUT2D eigenvalue weighted by Crippen LogP contribution is 2.29. The average Bonchev–Trinajstić information content (AvgIpc) is 2.97. The largest absolute Gasteiger partial charge is 0.361 e. The van der Waals surface area contributed by atoms with Crippen molar-refractivity contribution in [1.29, 1.82) is 0 Å². The normalized spacial score (nSPS) is 10.8. The van der Waals surface area contributed by atoms with E-state index in [-0.39, 0.29) is 0 Å². The van der Waals surface area contributed by atoms with Crippen LogP contribution < -0.4 is 0 Å². The predicted octanol–water partition coefficient (Wildman–Crippen LogP) is 5.38. The number of benzene rings is 1. The van der Waals surface area contributed by atoms with Gasteiger partial charge in [0.05, 0.1) is 5.69 Å². The second-order valence-corrected chi connectivity index (χ2v) is 5.62. The third-order valence-electron chi connectivity index (χ3n) is 4.04. The lowest BCUT2D eigenvalue weighted by atomic mass is 9.97. The van der Waals surface area contributed by atoms with Crippen molar-refractivity contribution in [1.82, 2.24) is 9.97 Å². The molecule has 3 rings (SSSR count). The van der Waals surface area contributed by atoms with Crippen LogP contribution in [0.5, 0.6) is 0 Å². The number of fused-ring (bicyclic) bond motifs is 1. The third-order valence-corrected chi connectivity index (χ3v) is 4.04. The molecule has 0 aliphatic rings. The van der Waals surface area contributed by atoms with E-state index in [0.717, 1.165) is 35.2 Å². The SMILES string of the molecule is C=C(CCC(=C)c1c[nH]c2ccccc12)c1ncccc1C. The van der Waals surface area contributed by atoms with Crippen LogP contribution in [0.2, 0.25) is 0 Å². The molecule has 1 N–H and O–H groups in total. The summed E-state index contributed by atoms with van der Waals surface area (Å²) in [5.41, 5.74) is 6.73.